The number of nitrogens with zero attached hydrogens (tertiary/aromatic N) is 1. The number of hydrogen-bond acceptors (Lipinski definition) is 4. The van der Waals surface area contributed by atoms with E-state index in [9.17, 15) is 8.42 Å². The molecule has 0 radical (unpaired) electrons. The van der Waals surface area contributed by atoms with Crippen molar-refractivity contribution in [3.05, 3.63) is 47.0 Å². The zero-order valence-electron chi connectivity index (χ0n) is 11.1. The summed E-state index contributed by atoms with van der Waals surface area (Å²) in [5.41, 5.74) is 0.608. The summed E-state index contributed by atoms with van der Waals surface area (Å²) in [6.07, 6.45) is 5.40. The van der Waals surface area contributed by atoms with Crippen LogP contribution in [0, 0.1) is 0 Å². The smallest absolute Gasteiger partial charge is 0.175 e. The molecule has 1 aromatic carbocycles. The molecule has 2 N–H and O–H groups in total. The van der Waals surface area contributed by atoms with Gasteiger partial charge >= 0.3 is 0 Å². The van der Waals surface area contributed by atoms with Crippen molar-refractivity contribution in [3.63, 3.8) is 0 Å². The van der Waals surface area contributed by atoms with Gasteiger partial charge in [-0.15, -0.1) is 0 Å². The lowest BCUT2D eigenvalue weighted by molar-refractivity contribution is 0.598. The van der Waals surface area contributed by atoms with Crippen LogP contribution in [0.15, 0.2) is 35.5 Å². The first-order valence-corrected chi connectivity index (χ1v) is 8.42. The Morgan fingerprint density at radius 1 is 1.40 bits per heavy atom. The molecule has 7 heteroatoms. The highest BCUT2D eigenvalue weighted by Crippen LogP contribution is 2.23. The number of aromatic nitrogens is 2. The average Bonchev–Trinajstić information content (AvgIpc) is 2.88. The molecule has 5 nitrogen and oxygen atoms in total. The van der Waals surface area contributed by atoms with Crippen LogP contribution in [0.3, 0.4) is 0 Å². The van der Waals surface area contributed by atoms with Crippen LogP contribution in [0.25, 0.3) is 0 Å². The van der Waals surface area contributed by atoms with E-state index in [1.165, 1.54) is 6.26 Å². The molecule has 1 heterocycles. The molecule has 0 unspecified atom stereocenters. The van der Waals surface area contributed by atoms with Crippen LogP contribution < -0.4 is 5.32 Å². The molecule has 2 aromatic rings. The minimum absolute atomic E-state index is 0.274. The number of sulfone groups is 1. The zero-order chi connectivity index (χ0) is 14.6. The van der Waals surface area contributed by atoms with Gasteiger partial charge < -0.3 is 10.3 Å². The van der Waals surface area contributed by atoms with Crippen LogP contribution >= 0.6 is 11.6 Å². The van der Waals surface area contributed by atoms with Gasteiger partial charge in [0.25, 0.3) is 0 Å². The first kappa shape index (κ1) is 15.0. The lowest BCUT2D eigenvalue weighted by Crippen LogP contribution is -2.19. The third-order valence-corrected chi connectivity index (χ3v) is 4.41. The molecular weight excluding hydrogens is 298 g/mol. The van der Waals surface area contributed by atoms with Gasteiger partial charge in [0.2, 0.25) is 0 Å². The molecule has 20 heavy (non-hydrogen) atoms. The van der Waals surface area contributed by atoms with E-state index in [1.54, 1.807) is 30.6 Å². The monoisotopic (exact) mass is 313 g/mol. The number of nitrogens with one attached hydrogen (secondary N) is 2. The lowest BCUT2D eigenvalue weighted by Gasteiger charge is -2.11. The highest BCUT2D eigenvalue weighted by Gasteiger charge is 2.15. The van der Waals surface area contributed by atoms with Crippen molar-refractivity contribution in [3.8, 4) is 0 Å². The molecule has 0 atom stereocenters. The van der Waals surface area contributed by atoms with Crippen LogP contribution in [0.5, 0.6) is 0 Å². The Morgan fingerprint density at radius 2 is 2.20 bits per heavy atom. The van der Waals surface area contributed by atoms with E-state index in [0.29, 0.717) is 23.7 Å². The SMILES string of the molecule is CS(=O)(=O)c1cccc(Cl)c1CNCCc1ncc[nH]1. The maximum absolute atomic E-state index is 11.7. The molecule has 1 aromatic heterocycles. The van der Waals surface area contributed by atoms with E-state index in [0.717, 1.165) is 12.2 Å². The number of H-pyrrole nitrogens is 1. The second-order valence-electron chi connectivity index (χ2n) is 4.45. The third-order valence-electron chi connectivity index (χ3n) is 2.87. The van der Waals surface area contributed by atoms with Gasteiger partial charge in [0.1, 0.15) is 5.82 Å². The van der Waals surface area contributed by atoms with Crippen molar-refractivity contribution in [2.75, 3.05) is 12.8 Å². The summed E-state index contributed by atoms with van der Waals surface area (Å²) in [4.78, 5) is 7.40. The van der Waals surface area contributed by atoms with Gasteiger partial charge in [-0.25, -0.2) is 13.4 Å². The maximum atomic E-state index is 11.7. The van der Waals surface area contributed by atoms with Crippen LogP contribution in [0.1, 0.15) is 11.4 Å². The standard InChI is InChI=1S/C13H16ClN3O2S/c1-20(18,19)12-4-2-3-11(14)10(12)9-15-6-5-13-16-7-8-17-13/h2-4,7-8,15H,5-6,9H2,1H3,(H,16,17). The minimum Gasteiger partial charge on any atom is -0.349 e. The number of aromatic amines is 1. The van der Waals surface area contributed by atoms with Crippen molar-refractivity contribution in [2.45, 2.75) is 17.9 Å². The van der Waals surface area contributed by atoms with E-state index < -0.39 is 9.84 Å². The highest BCUT2D eigenvalue weighted by atomic mass is 35.5. The summed E-state index contributed by atoms with van der Waals surface area (Å²) < 4.78 is 23.4. The van der Waals surface area contributed by atoms with Crippen LogP contribution in [-0.2, 0) is 22.8 Å². The second kappa shape index (κ2) is 6.39. The molecule has 2 rings (SSSR count). The van der Waals surface area contributed by atoms with Crippen LogP contribution in [0.2, 0.25) is 5.02 Å². The van der Waals surface area contributed by atoms with Gasteiger partial charge in [-0.3, -0.25) is 0 Å². The van der Waals surface area contributed by atoms with Crippen molar-refractivity contribution in [1.29, 1.82) is 0 Å². The average molecular weight is 314 g/mol. The summed E-state index contributed by atoms with van der Waals surface area (Å²) in [5, 5.41) is 3.64. The number of benzene rings is 1. The highest BCUT2D eigenvalue weighted by molar-refractivity contribution is 7.90. The van der Waals surface area contributed by atoms with E-state index in [-0.39, 0.29) is 4.90 Å². The fraction of sp³-hybridized carbons (Fsp3) is 0.308. The predicted octanol–water partition coefficient (Wildman–Crippen LogP) is 1.80. The predicted molar refractivity (Wildman–Crippen MR) is 78.6 cm³/mol. The van der Waals surface area contributed by atoms with Crippen molar-refractivity contribution in [2.24, 2.45) is 0 Å². The molecule has 0 fully saturated rings. The molecule has 0 spiro atoms. The van der Waals surface area contributed by atoms with Crippen molar-refractivity contribution >= 4 is 21.4 Å². The van der Waals surface area contributed by atoms with Gasteiger partial charge in [-0.05, 0) is 12.1 Å². The van der Waals surface area contributed by atoms with E-state index in [1.807, 2.05) is 0 Å². The fourth-order valence-corrected chi connectivity index (χ4v) is 3.17. The fourth-order valence-electron chi connectivity index (χ4n) is 1.91. The van der Waals surface area contributed by atoms with Gasteiger partial charge in [0.15, 0.2) is 9.84 Å². The van der Waals surface area contributed by atoms with E-state index >= 15 is 0 Å². The molecule has 0 aliphatic rings. The number of hydrogen-bond donors (Lipinski definition) is 2. The Morgan fingerprint density at radius 3 is 2.85 bits per heavy atom. The molecule has 0 aliphatic carbocycles. The largest absolute Gasteiger partial charge is 0.349 e. The van der Waals surface area contributed by atoms with Gasteiger partial charge in [0, 0.05) is 48.7 Å². The Hall–Kier alpha value is -1.37. The van der Waals surface area contributed by atoms with Crippen LogP contribution in [0.4, 0.5) is 0 Å². The van der Waals surface area contributed by atoms with E-state index in [2.05, 4.69) is 15.3 Å². The summed E-state index contributed by atoms with van der Waals surface area (Å²) >= 11 is 6.09. The first-order chi connectivity index (χ1) is 9.48. The summed E-state index contributed by atoms with van der Waals surface area (Å²) in [6.45, 7) is 1.09. The molecule has 0 saturated carbocycles. The third kappa shape index (κ3) is 3.82. The topological polar surface area (TPSA) is 74.8 Å². The second-order valence-corrected chi connectivity index (χ2v) is 6.84. The molecular formula is C13H16ClN3O2S. The Labute approximate surface area is 123 Å². The summed E-state index contributed by atoms with van der Waals surface area (Å²) in [5.74, 6) is 0.889. The van der Waals surface area contributed by atoms with Gasteiger partial charge in [0.05, 0.1) is 4.90 Å². The van der Waals surface area contributed by atoms with Crippen molar-refractivity contribution < 1.29 is 8.42 Å². The maximum Gasteiger partial charge on any atom is 0.175 e. The number of halogens is 1. The molecule has 0 aliphatic heterocycles. The Kier molecular flexibility index (Phi) is 4.80. The molecule has 0 bridgehead atoms. The van der Waals surface area contributed by atoms with E-state index in [4.69, 9.17) is 11.6 Å². The van der Waals surface area contributed by atoms with Crippen molar-refractivity contribution in [1.82, 2.24) is 15.3 Å². The summed E-state index contributed by atoms with van der Waals surface area (Å²) in [6, 6.07) is 4.91. The zero-order valence-corrected chi connectivity index (χ0v) is 12.6. The quantitative estimate of drug-likeness (QED) is 0.797. The number of rotatable bonds is 6. The minimum atomic E-state index is -3.28. The van der Waals surface area contributed by atoms with Gasteiger partial charge in [-0.1, -0.05) is 17.7 Å². The number of imidazole rings is 1. The normalized spacial score (nSPS) is 11.7. The lowest BCUT2D eigenvalue weighted by atomic mass is 10.2. The Balaban J connectivity index is 2.02. The molecule has 0 saturated heterocycles. The van der Waals surface area contributed by atoms with Gasteiger partial charge in [-0.2, -0.15) is 0 Å². The summed E-state index contributed by atoms with van der Waals surface area (Å²) in [7, 11) is -3.28. The van der Waals surface area contributed by atoms with Crippen LogP contribution in [-0.4, -0.2) is 31.2 Å². The Bertz CT molecular complexity index is 669. The molecule has 108 valence electrons. The molecule has 0 amide bonds. The first-order valence-electron chi connectivity index (χ1n) is 6.15.